The molecule has 4 heteroatoms. The van der Waals surface area contributed by atoms with Crippen LogP contribution in [-0.4, -0.2) is 31.3 Å². The fourth-order valence-corrected chi connectivity index (χ4v) is 2.45. The third-order valence-electron chi connectivity index (χ3n) is 3.48. The van der Waals surface area contributed by atoms with Crippen molar-refractivity contribution in [3.05, 3.63) is 0 Å². The van der Waals surface area contributed by atoms with Gasteiger partial charge in [0.1, 0.15) is 0 Å². The summed E-state index contributed by atoms with van der Waals surface area (Å²) in [6.45, 7) is 4.84. The van der Waals surface area contributed by atoms with Crippen LogP contribution in [-0.2, 0) is 4.74 Å². The summed E-state index contributed by atoms with van der Waals surface area (Å²) >= 11 is 0. The first-order valence-electron chi connectivity index (χ1n) is 5.36. The normalized spacial score (nSPS) is 34.8. The molecule has 0 radical (unpaired) electrons. The van der Waals surface area contributed by atoms with Crippen LogP contribution in [0.4, 0.5) is 4.79 Å². The molecule has 2 aliphatic heterocycles. The Morgan fingerprint density at radius 2 is 2.14 bits per heavy atom. The molecule has 2 aliphatic rings. The van der Waals surface area contributed by atoms with Crippen molar-refractivity contribution in [2.24, 2.45) is 5.92 Å². The third-order valence-corrected chi connectivity index (χ3v) is 3.48. The van der Waals surface area contributed by atoms with Gasteiger partial charge in [0.15, 0.2) is 0 Å². The fraction of sp³-hybridized carbons (Fsp3) is 0.900. The van der Waals surface area contributed by atoms with E-state index in [0.717, 1.165) is 32.4 Å². The van der Waals surface area contributed by atoms with E-state index in [0.29, 0.717) is 12.5 Å². The fourth-order valence-electron chi connectivity index (χ4n) is 2.45. The Morgan fingerprint density at radius 1 is 1.43 bits per heavy atom. The van der Waals surface area contributed by atoms with Gasteiger partial charge in [0.05, 0.1) is 6.61 Å². The summed E-state index contributed by atoms with van der Waals surface area (Å²) in [5.41, 5.74) is -0.0442. The maximum absolute atomic E-state index is 11.2. The molecule has 4 nitrogen and oxygen atoms in total. The highest BCUT2D eigenvalue weighted by Gasteiger charge is 2.39. The van der Waals surface area contributed by atoms with Crippen molar-refractivity contribution in [1.82, 2.24) is 10.6 Å². The predicted octanol–water partition coefficient (Wildman–Crippen LogP) is 0.875. The average Bonchev–Trinajstić information content (AvgIpc) is 2.19. The van der Waals surface area contributed by atoms with E-state index < -0.39 is 0 Å². The SMILES string of the molecule is CC1(C2CCNCC2)CCOC(=O)N1. The van der Waals surface area contributed by atoms with Gasteiger partial charge in [-0.2, -0.15) is 0 Å². The first-order chi connectivity index (χ1) is 6.71. The zero-order valence-electron chi connectivity index (χ0n) is 8.64. The van der Waals surface area contributed by atoms with E-state index in [9.17, 15) is 4.79 Å². The summed E-state index contributed by atoms with van der Waals surface area (Å²) in [7, 11) is 0. The lowest BCUT2D eigenvalue weighted by Gasteiger charge is -2.42. The standard InChI is InChI=1S/C10H18N2O2/c1-10(4-7-14-9(13)12-10)8-2-5-11-6-3-8/h8,11H,2-7H2,1H3,(H,12,13). The maximum atomic E-state index is 11.2. The summed E-state index contributed by atoms with van der Waals surface area (Å²) < 4.78 is 4.90. The Labute approximate surface area is 84.4 Å². The highest BCUT2D eigenvalue weighted by atomic mass is 16.6. The molecule has 0 saturated carbocycles. The van der Waals surface area contributed by atoms with Gasteiger partial charge in [-0.25, -0.2) is 4.79 Å². The molecule has 2 rings (SSSR count). The topological polar surface area (TPSA) is 50.4 Å². The zero-order valence-corrected chi connectivity index (χ0v) is 8.64. The first-order valence-corrected chi connectivity index (χ1v) is 5.36. The second kappa shape index (κ2) is 3.77. The minimum Gasteiger partial charge on any atom is -0.449 e. The number of ether oxygens (including phenoxy) is 1. The van der Waals surface area contributed by atoms with Crippen LogP contribution in [0.2, 0.25) is 0 Å². The number of carbonyl (C=O) groups is 1. The molecule has 1 unspecified atom stereocenters. The summed E-state index contributed by atoms with van der Waals surface area (Å²) in [6, 6.07) is 0. The van der Waals surface area contributed by atoms with Crippen molar-refractivity contribution in [1.29, 1.82) is 0 Å². The molecule has 0 aromatic heterocycles. The number of alkyl carbamates (subject to hydrolysis) is 1. The molecule has 0 aromatic carbocycles. The molecule has 80 valence electrons. The van der Waals surface area contributed by atoms with E-state index >= 15 is 0 Å². The van der Waals surface area contributed by atoms with Gasteiger partial charge in [-0.1, -0.05) is 0 Å². The molecular formula is C10H18N2O2. The largest absolute Gasteiger partial charge is 0.449 e. The summed E-state index contributed by atoms with van der Waals surface area (Å²) in [6.07, 6.45) is 2.98. The van der Waals surface area contributed by atoms with Crippen molar-refractivity contribution in [3.8, 4) is 0 Å². The smallest absolute Gasteiger partial charge is 0.407 e. The lowest BCUT2D eigenvalue weighted by Crippen LogP contribution is -2.57. The molecule has 2 saturated heterocycles. The number of rotatable bonds is 1. The Morgan fingerprint density at radius 3 is 2.79 bits per heavy atom. The van der Waals surface area contributed by atoms with Gasteiger partial charge in [0.2, 0.25) is 0 Å². The second-order valence-corrected chi connectivity index (χ2v) is 4.45. The highest BCUT2D eigenvalue weighted by Crippen LogP contribution is 2.30. The molecular weight excluding hydrogens is 180 g/mol. The number of hydrogen-bond donors (Lipinski definition) is 2. The monoisotopic (exact) mass is 198 g/mol. The Bertz CT molecular complexity index is 226. The molecule has 2 N–H and O–H groups in total. The summed E-state index contributed by atoms with van der Waals surface area (Å²) in [5, 5.41) is 6.31. The molecule has 0 spiro atoms. The summed E-state index contributed by atoms with van der Waals surface area (Å²) in [4.78, 5) is 11.2. The van der Waals surface area contributed by atoms with Gasteiger partial charge in [-0.05, 0) is 38.8 Å². The maximum Gasteiger partial charge on any atom is 0.407 e. The number of carbonyl (C=O) groups excluding carboxylic acids is 1. The highest BCUT2D eigenvalue weighted by molar-refractivity contribution is 5.69. The number of nitrogens with one attached hydrogen (secondary N) is 2. The van der Waals surface area contributed by atoms with Crippen molar-refractivity contribution in [2.45, 2.75) is 31.7 Å². The van der Waals surface area contributed by atoms with E-state index in [1.165, 1.54) is 0 Å². The van der Waals surface area contributed by atoms with Gasteiger partial charge >= 0.3 is 6.09 Å². The number of amides is 1. The zero-order chi connectivity index (χ0) is 10.0. The number of cyclic esters (lactones) is 1. The minimum absolute atomic E-state index is 0.0442. The van der Waals surface area contributed by atoms with E-state index in [-0.39, 0.29) is 11.6 Å². The lowest BCUT2D eigenvalue weighted by molar-refractivity contribution is 0.0615. The van der Waals surface area contributed by atoms with Crippen molar-refractivity contribution in [2.75, 3.05) is 19.7 Å². The lowest BCUT2D eigenvalue weighted by atomic mass is 9.77. The van der Waals surface area contributed by atoms with Crippen LogP contribution in [0.1, 0.15) is 26.2 Å². The first kappa shape index (κ1) is 9.77. The van der Waals surface area contributed by atoms with Crippen LogP contribution in [0.15, 0.2) is 0 Å². The van der Waals surface area contributed by atoms with Crippen molar-refractivity contribution >= 4 is 6.09 Å². The van der Waals surface area contributed by atoms with Gasteiger partial charge < -0.3 is 15.4 Å². The van der Waals surface area contributed by atoms with Crippen molar-refractivity contribution in [3.63, 3.8) is 0 Å². The van der Waals surface area contributed by atoms with Crippen molar-refractivity contribution < 1.29 is 9.53 Å². The Kier molecular flexibility index (Phi) is 2.63. The van der Waals surface area contributed by atoms with E-state index in [1.807, 2.05) is 0 Å². The molecule has 1 atom stereocenters. The van der Waals surface area contributed by atoms with Gasteiger partial charge in [-0.15, -0.1) is 0 Å². The van der Waals surface area contributed by atoms with Gasteiger partial charge in [-0.3, -0.25) is 0 Å². The van der Waals surface area contributed by atoms with Crippen LogP contribution in [0.5, 0.6) is 0 Å². The number of hydrogen-bond acceptors (Lipinski definition) is 3. The molecule has 2 heterocycles. The van der Waals surface area contributed by atoms with Crippen LogP contribution in [0.3, 0.4) is 0 Å². The van der Waals surface area contributed by atoms with Crippen LogP contribution in [0.25, 0.3) is 0 Å². The Hall–Kier alpha value is -0.770. The molecule has 0 aromatic rings. The molecule has 1 amide bonds. The average molecular weight is 198 g/mol. The third kappa shape index (κ3) is 1.85. The van der Waals surface area contributed by atoms with E-state index in [4.69, 9.17) is 4.74 Å². The van der Waals surface area contributed by atoms with E-state index in [1.54, 1.807) is 0 Å². The Balaban J connectivity index is 2.01. The molecule has 0 aliphatic carbocycles. The molecule has 2 fully saturated rings. The molecule has 14 heavy (non-hydrogen) atoms. The minimum atomic E-state index is -0.253. The van der Waals surface area contributed by atoms with Crippen LogP contribution >= 0.6 is 0 Å². The number of piperidine rings is 1. The van der Waals surface area contributed by atoms with Crippen LogP contribution in [0, 0.1) is 5.92 Å². The molecule has 0 bridgehead atoms. The van der Waals surface area contributed by atoms with E-state index in [2.05, 4.69) is 17.6 Å². The predicted molar refractivity (Wildman–Crippen MR) is 53.1 cm³/mol. The van der Waals surface area contributed by atoms with Gasteiger partial charge in [0.25, 0.3) is 0 Å². The van der Waals surface area contributed by atoms with Crippen LogP contribution < -0.4 is 10.6 Å². The second-order valence-electron chi connectivity index (χ2n) is 4.45. The van der Waals surface area contributed by atoms with Gasteiger partial charge in [0, 0.05) is 12.0 Å². The summed E-state index contributed by atoms with van der Waals surface area (Å²) in [5.74, 6) is 0.594. The quantitative estimate of drug-likeness (QED) is 0.657.